The minimum absolute atomic E-state index is 0.0201. The van der Waals surface area contributed by atoms with Crippen LogP contribution in [0.4, 0.5) is 0 Å². The Labute approximate surface area is 143 Å². The number of sulfonamides is 1. The minimum Gasteiger partial charge on any atom is -0.496 e. The maximum Gasteiger partial charge on any atom is 0.243 e. The number of carbonyl (C=O) groups is 1. The number of ether oxygens (including phenoxy) is 1. The van der Waals surface area contributed by atoms with E-state index in [1.54, 1.807) is 25.3 Å². The second-order valence-corrected chi connectivity index (χ2v) is 7.81. The highest BCUT2D eigenvalue weighted by Gasteiger charge is 2.28. The topological polar surface area (TPSA) is 75.7 Å². The third kappa shape index (κ3) is 4.15. The van der Waals surface area contributed by atoms with Crippen molar-refractivity contribution in [2.75, 3.05) is 20.2 Å². The van der Waals surface area contributed by atoms with E-state index in [0.29, 0.717) is 31.7 Å². The van der Waals surface area contributed by atoms with E-state index < -0.39 is 10.0 Å². The average Bonchev–Trinajstić information content (AvgIpc) is 2.80. The van der Waals surface area contributed by atoms with Gasteiger partial charge in [0, 0.05) is 19.1 Å². The van der Waals surface area contributed by atoms with Gasteiger partial charge >= 0.3 is 0 Å². The summed E-state index contributed by atoms with van der Waals surface area (Å²) < 4.78 is 32.4. The number of amides is 1. The van der Waals surface area contributed by atoms with Crippen molar-refractivity contribution in [3.63, 3.8) is 0 Å². The molecule has 0 spiro atoms. The highest BCUT2D eigenvalue weighted by atomic mass is 32.2. The molecule has 1 aromatic carbocycles. The summed E-state index contributed by atoms with van der Waals surface area (Å²) in [5.74, 6) is 0.444. The van der Waals surface area contributed by atoms with Gasteiger partial charge in [-0.25, -0.2) is 8.42 Å². The van der Waals surface area contributed by atoms with Gasteiger partial charge < -0.3 is 10.1 Å². The van der Waals surface area contributed by atoms with Crippen LogP contribution in [0.15, 0.2) is 35.7 Å². The lowest BCUT2D eigenvalue weighted by molar-refractivity contribution is -0.117. The monoisotopic (exact) mass is 352 g/mol. The predicted octanol–water partition coefficient (Wildman–Crippen LogP) is 1.85. The zero-order valence-electron chi connectivity index (χ0n) is 14.1. The van der Waals surface area contributed by atoms with Gasteiger partial charge in [0.25, 0.3) is 0 Å². The van der Waals surface area contributed by atoms with Crippen LogP contribution in [0.2, 0.25) is 0 Å². The molecule has 0 aliphatic carbocycles. The van der Waals surface area contributed by atoms with Crippen molar-refractivity contribution >= 4 is 15.9 Å². The molecule has 132 valence electrons. The fraction of sp³-hybridized carbons (Fsp3) is 0.471. The molecule has 1 aromatic rings. The van der Waals surface area contributed by atoms with Crippen LogP contribution >= 0.6 is 0 Å². The van der Waals surface area contributed by atoms with Crippen molar-refractivity contribution in [3.8, 4) is 5.75 Å². The van der Waals surface area contributed by atoms with Gasteiger partial charge in [-0.15, -0.1) is 0 Å². The molecule has 7 heteroatoms. The van der Waals surface area contributed by atoms with Crippen molar-refractivity contribution in [2.24, 2.45) is 0 Å². The lowest BCUT2D eigenvalue weighted by Gasteiger charge is -2.21. The predicted molar refractivity (Wildman–Crippen MR) is 92.5 cm³/mol. The highest BCUT2D eigenvalue weighted by Crippen LogP contribution is 2.25. The first-order valence-electron chi connectivity index (χ1n) is 7.96. The van der Waals surface area contributed by atoms with E-state index in [-0.39, 0.29) is 16.8 Å². The van der Waals surface area contributed by atoms with E-state index in [9.17, 15) is 13.2 Å². The molecule has 1 saturated heterocycles. The number of rotatable bonds is 5. The fourth-order valence-electron chi connectivity index (χ4n) is 2.88. The molecule has 0 bridgehead atoms. The Morgan fingerprint density at radius 1 is 1.38 bits per heavy atom. The molecule has 1 aliphatic heterocycles. The van der Waals surface area contributed by atoms with Gasteiger partial charge in [0.1, 0.15) is 5.75 Å². The molecule has 1 fully saturated rings. The Kier molecular flexibility index (Phi) is 6.01. The summed E-state index contributed by atoms with van der Waals surface area (Å²) in [6.07, 6.45) is 3.29. The molecule has 1 aliphatic rings. The van der Waals surface area contributed by atoms with Gasteiger partial charge in [-0.05, 0) is 56.0 Å². The maximum absolute atomic E-state index is 12.9. The molecule has 24 heavy (non-hydrogen) atoms. The number of hydrogen-bond acceptors (Lipinski definition) is 4. The third-order valence-corrected chi connectivity index (χ3v) is 6.12. The molecule has 0 saturated carbocycles. The van der Waals surface area contributed by atoms with Gasteiger partial charge in [-0.3, -0.25) is 4.79 Å². The van der Waals surface area contributed by atoms with Crippen molar-refractivity contribution in [1.82, 2.24) is 9.62 Å². The molecule has 1 atom stereocenters. The van der Waals surface area contributed by atoms with Crippen LogP contribution in [-0.4, -0.2) is 44.9 Å². The third-order valence-electron chi connectivity index (χ3n) is 4.22. The van der Waals surface area contributed by atoms with Crippen LogP contribution in [-0.2, 0) is 14.8 Å². The Hall–Kier alpha value is -1.86. The summed E-state index contributed by atoms with van der Waals surface area (Å²) in [4.78, 5) is 11.7. The number of carbonyl (C=O) groups excluding carboxylic acids is 1. The van der Waals surface area contributed by atoms with Gasteiger partial charge in [-0.1, -0.05) is 6.58 Å². The average molecular weight is 352 g/mol. The van der Waals surface area contributed by atoms with E-state index in [0.717, 1.165) is 12.0 Å². The van der Waals surface area contributed by atoms with Crippen LogP contribution in [0.1, 0.15) is 24.8 Å². The Morgan fingerprint density at radius 3 is 2.75 bits per heavy atom. The van der Waals surface area contributed by atoms with E-state index >= 15 is 0 Å². The Morgan fingerprint density at radius 2 is 2.12 bits per heavy atom. The molecule has 0 aromatic heterocycles. The number of benzene rings is 1. The second-order valence-electron chi connectivity index (χ2n) is 5.88. The lowest BCUT2D eigenvalue weighted by Crippen LogP contribution is -2.36. The van der Waals surface area contributed by atoms with Crippen LogP contribution < -0.4 is 10.1 Å². The summed E-state index contributed by atoms with van der Waals surface area (Å²) in [6, 6.07) is 4.86. The van der Waals surface area contributed by atoms with Gasteiger partial charge in [0.2, 0.25) is 15.9 Å². The van der Waals surface area contributed by atoms with Crippen molar-refractivity contribution in [3.05, 3.63) is 36.4 Å². The normalized spacial score (nSPS) is 19.3. The van der Waals surface area contributed by atoms with E-state index in [4.69, 9.17) is 4.74 Å². The first-order chi connectivity index (χ1) is 11.4. The van der Waals surface area contributed by atoms with Crippen LogP contribution in [0.5, 0.6) is 5.75 Å². The van der Waals surface area contributed by atoms with E-state index in [2.05, 4.69) is 11.9 Å². The smallest absolute Gasteiger partial charge is 0.243 e. The standard InChI is InChI=1S/C17H24N2O4S/c1-4-17(20)18-14-6-5-10-19(11-9-14)24(21,22)15-7-8-16(23-3)13(2)12-15/h4,7-8,12,14H,1,5-6,9-11H2,2-3H3,(H,18,20). The summed E-state index contributed by atoms with van der Waals surface area (Å²) in [7, 11) is -1.99. The Bertz CT molecular complexity index is 715. The summed E-state index contributed by atoms with van der Waals surface area (Å²) in [5.41, 5.74) is 0.782. The number of methoxy groups -OCH3 is 1. The van der Waals surface area contributed by atoms with E-state index in [1.165, 1.54) is 10.4 Å². The number of aryl methyl sites for hydroxylation is 1. The quantitative estimate of drug-likeness (QED) is 0.821. The van der Waals surface area contributed by atoms with Crippen molar-refractivity contribution in [2.45, 2.75) is 37.1 Å². The van der Waals surface area contributed by atoms with Gasteiger partial charge in [0.15, 0.2) is 0 Å². The zero-order valence-corrected chi connectivity index (χ0v) is 14.9. The SMILES string of the molecule is C=CC(=O)NC1CCCN(S(=O)(=O)c2ccc(OC)c(C)c2)CC1. The summed E-state index contributed by atoms with van der Waals surface area (Å²) >= 11 is 0. The summed E-state index contributed by atoms with van der Waals surface area (Å²) in [6.45, 7) is 6.09. The molecule has 6 nitrogen and oxygen atoms in total. The molecular weight excluding hydrogens is 328 g/mol. The van der Waals surface area contributed by atoms with Crippen LogP contribution in [0.25, 0.3) is 0 Å². The highest BCUT2D eigenvalue weighted by molar-refractivity contribution is 7.89. The molecular formula is C17H24N2O4S. The lowest BCUT2D eigenvalue weighted by atomic mass is 10.1. The van der Waals surface area contributed by atoms with E-state index in [1.807, 2.05) is 6.92 Å². The zero-order chi connectivity index (χ0) is 17.7. The second kappa shape index (κ2) is 7.81. The van der Waals surface area contributed by atoms with Gasteiger partial charge in [0.05, 0.1) is 12.0 Å². The number of nitrogens with one attached hydrogen (secondary N) is 1. The molecule has 1 unspecified atom stereocenters. The molecule has 1 amide bonds. The van der Waals surface area contributed by atoms with Crippen LogP contribution in [0.3, 0.4) is 0 Å². The molecule has 1 N–H and O–H groups in total. The maximum atomic E-state index is 12.9. The summed E-state index contributed by atoms with van der Waals surface area (Å²) in [5, 5.41) is 2.85. The van der Waals surface area contributed by atoms with Crippen molar-refractivity contribution in [1.29, 1.82) is 0 Å². The largest absolute Gasteiger partial charge is 0.496 e. The first-order valence-corrected chi connectivity index (χ1v) is 9.40. The number of nitrogens with zero attached hydrogens (tertiary/aromatic N) is 1. The van der Waals surface area contributed by atoms with Crippen LogP contribution in [0, 0.1) is 6.92 Å². The Balaban J connectivity index is 2.13. The van der Waals surface area contributed by atoms with Gasteiger partial charge in [-0.2, -0.15) is 4.31 Å². The molecule has 1 heterocycles. The molecule has 0 radical (unpaired) electrons. The fourth-order valence-corrected chi connectivity index (χ4v) is 4.45. The minimum atomic E-state index is -3.55. The molecule has 2 rings (SSSR count). The van der Waals surface area contributed by atoms with Crippen molar-refractivity contribution < 1.29 is 17.9 Å². The number of hydrogen-bond donors (Lipinski definition) is 1. The first kappa shape index (κ1) is 18.5.